The predicted octanol–water partition coefficient (Wildman–Crippen LogP) is 4.46. The van der Waals surface area contributed by atoms with E-state index in [4.69, 9.17) is 4.74 Å². The number of fused-ring (bicyclic) bond motifs is 1. The van der Waals surface area contributed by atoms with E-state index in [1.807, 2.05) is 30.3 Å². The molecule has 2 aromatic heterocycles. The molecule has 2 aromatic carbocycles. The number of phenols is 1. The molecule has 7 heteroatoms. The Balaban J connectivity index is 1.40. The van der Waals surface area contributed by atoms with Gasteiger partial charge in [-0.15, -0.1) is 10.2 Å². The summed E-state index contributed by atoms with van der Waals surface area (Å²) in [5.41, 5.74) is 2.76. The molecule has 0 spiro atoms. The van der Waals surface area contributed by atoms with Gasteiger partial charge in [0.05, 0.1) is 23.1 Å². The third kappa shape index (κ3) is 3.29. The summed E-state index contributed by atoms with van der Waals surface area (Å²) >= 11 is 0. The van der Waals surface area contributed by atoms with Crippen LogP contribution in [0.5, 0.6) is 11.6 Å². The molecule has 0 bridgehead atoms. The summed E-state index contributed by atoms with van der Waals surface area (Å²) in [4.78, 5) is 0. The lowest BCUT2D eigenvalue weighted by atomic mass is 10.1. The lowest BCUT2D eigenvalue weighted by Crippen LogP contribution is -2.22. The molecule has 2 heterocycles. The Morgan fingerprint density at radius 1 is 1.03 bits per heavy atom. The number of hydrogen-bond donors (Lipinski definition) is 1. The number of aromatic nitrogens is 4. The Kier molecular flexibility index (Phi) is 4.35. The first-order valence-electron chi connectivity index (χ1n) is 9.60. The van der Waals surface area contributed by atoms with E-state index in [-0.39, 0.29) is 5.75 Å². The maximum Gasteiger partial charge on any atom is 0.233 e. The molecule has 1 N–H and O–H groups in total. The minimum absolute atomic E-state index is 0.0738. The van der Waals surface area contributed by atoms with Crippen molar-refractivity contribution in [1.29, 1.82) is 0 Å². The molecule has 4 aromatic rings. The molecule has 1 aliphatic carbocycles. The van der Waals surface area contributed by atoms with Crippen molar-refractivity contribution in [3.05, 3.63) is 60.8 Å². The molecular weight excluding hydrogens is 371 g/mol. The fourth-order valence-corrected chi connectivity index (χ4v) is 3.74. The lowest BCUT2D eigenvalue weighted by Gasteiger charge is -2.14. The van der Waals surface area contributed by atoms with Crippen molar-refractivity contribution < 1.29 is 14.2 Å². The second kappa shape index (κ2) is 7.16. The summed E-state index contributed by atoms with van der Waals surface area (Å²) in [6.07, 6.45) is 2.43. The first kappa shape index (κ1) is 17.6. The van der Waals surface area contributed by atoms with Crippen LogP contribution in [-0.4, -0.2) is 37.4 Å². The summed E-state index contributed by atoms with van der Waals surface area (Å²) in [6.45, 7) is 0. The number of hydrogen-bond acceptors (Lipinski definition) is 5. The second-order valence-corrected chi connectivity index (χ2v) is 7.18. The molecule has 0 amide bonds. The zero-order valence-corrected chi connectivity index (χ0v) is 15.6. The normalized spacial score (nSPS) is 18.9. The van der Waals surface area contributed by atoms with Gasteiger partial charge in [0.1, 0.15) is 18.0 Å². The number of aromatic hydroxyl groups is 1. The number of para-hydroxylation sites is 1. The van der Waals surface area contributed by atoms with Gasteiger partial charge in [-0.25, -0.2) is 9.07 Å². The van der Waals surface area contributed by atoms with Crippen LogP contribution in [-0.2, 0) is 0 Å². The predicted molar refractivity (Wildman–Crippen MR) is 107 cm³/mol. The molecule has 146 valence electrons. The summed E-state index contributed by atoms with van der Waals surface area (Å²) < 4.78 is 21.1. The minimum Gasteiger partial charge on any atom is -0.507 e. The van der Waals surface area contributed by atoms with Crippen molar-refractivity contribution in [3.8, 4) is 28.6 Å². The zero-order chi connectivity index (χ0) is 19.8. The molecule has 2 atom stereocenters. The monoisotopic (exact) mass is 390 g/mol. The summed E-state index contributed by atoms with van der Waals surface area (Å²) in [5.74, 6) is 0.368. The number of phenolic OH excluding ortho intramolecular Hbond substituents is 1. The smallest absolute Gasteiger partial charge is 0.233 e. The number of rotatable bonds is 4. The van der Waals surface area contributed by atoms with Crippen LogP contribution in [0.3, 0.4) is 0 Å². The number of halogens is 1. The molecule has 1 fully saturated rings. The van der Waals surface area contributed by atoms with E-state index < -0.39 is 12.3 Å². The van der Waals surface area contributed by atoms with Crippen LogP contribution in [0.2, 0.25) is 0 Å². The minimum atomic E-state index is -0.952. The highest BCUT2D eigenvalue weighted by molar-refractivity contribution is 5.80. The SMILES string of the molecule is Oc1cc(-n2ncc3ccccc32)ccc1-c1ccc(O[C@@H]2CCC[C@@H]2F)nn1. The highest BCUT2D eigenvalue weighted by Gasteiger charge is 2.29. The van der Waals surface area contributed by atoms with Gasteiger partial charge in [0.15, 0.2) is 0 Å². The Morgan fingerprint density at radius 2 is 1.93 bits per heavy atom. The fourth-order valence-electron chi connectivity index (χ4n) is 3.74. The van der Waals surface area contributed by atoms with Gasteiger partial charge in [-0.3, -0.25) is 0 Å². The zero-order valence-electron chi connectivity index (χ0n) is 15.6. The van der Waals surface area contributed by atoms with Crippen molar-refractivity contribution >= 4 is 10.9 Å². The average Bonchev–Trinajstić information content (AvgIpc) is 3.35. The lowest BCUT2D eigenvalue weighted by molar-refractivity contribution is 0.119. The van der Waals surface area contributed by atoms with Gasteiger partial charge in [-0.1, -0.05) is 18.2 Å². The van der Waals surface area contributed by atoms with Crippen LogP contribution >= 0.6 is 0 Å². The molecule has 0 saturated heterocycles. The van der Waals surface area contributed by atoms with Gasteiger partial charge in [-0.05, 0) is 43.5 Å². The van der Waals surface area contributed by atoms with Crippen LogP contribution in [0.4, 0.5) is 4.39 Å². The molecule has 5 rings (SSSR count). The quantitative estimate of drug-likeness (QED) is 0.557. The van der Waals surface area contributed by atoms with E-state index >= 15 is 0 Å². The first-order chi connectivity index (χ1) is 14.2. The third-order valence-electron chi connectivity index (χ3n) is 5.26. The topological polar surface area (TPSA) is 73.1 Å². The molecule has 1 saturated carbocycles. The van der Waals surface area contributed by atoms with E-state index in [0.717, 1.165) is 23.0 Å². The van der Waals surface area contributed by atoms with Gasteiger partial charge >= 0.3 is 0 Å². The van der Waals surface area contributed by atoms with E-state index in [1.165, 1.54) is 0 Å². The summed E-state index contributed by atoms with van der Waals surface area (Å²) in [7, 11) is 0. The number of benzene rings is 2. The number of alkyl halides is 1. The number of ether oxygens (including phenoxy) is 1. The molecule has 29 heavy (non-hydrogen) atoms. The highest BCUT2D eigenvalue weighted by Crippen LogP contribution is 2.31. The van der Waals surface area contributed by atoms with Crippen molar-refractivity contribution in [2.45, 2.75) is 31.5 Å². The maximum absolute atomic E-state index is 13.7. The van der Waals surface area contributed by atoms with Crippen molar-refractivity contribution in [3.63, 3.8) is 0 Å². The third-order valence-corrected chi connectivity index (χ3v) is 5.26. The van der Waals surface area contributed by atoms with Crippen molar-refractivity contribution in [1.82, 2.24) is 20.0 Å². The number of nitrogens with zero attached hydrogens (tertiary/aromatic N) is 4. The van der Waals surface area contributed by atoms with Gasteiger partial charge in [0.2, 0.25) is 5.88 Å². The van der Waals surface area contributed by atoms with Crippen molar-refractivity contribution in [2.24, 2.45) is 0 Å². The molecule has 0 unspecified atom stereocenters. The standard InChI is InChI=1S/C22H19FN4O2/c23-17-5-3-7-21(17)29-22-11-10-18(25-26-22)16-9-8-15(12-20(16)28)27-19-6-2-1-4-14(19)13-24-27/h1-2,4,6,8-13,17,21,28H,3,5,7H2/t17-,21+/m0/s1. The summed E-state index contributed by atoms with van der Waals surface area (Å²) in [5, 5.41) is 24.2. The average molecular weight is 390 g/mol. The Morgan fingerprint density at radius 3 is 2.69 bits per heavy atom. The van der Waals surface area contributed by atoms with Gasteiger partial charge < -0.3 is 9.84 Å². The fraction of sp³-hybridized carbons (Fsp3) is 0.227. The largest absolute Gasteiger partial charge is 0.507 e. The van der Waals surface area contributed by atoms with E-state index in [2.05, 4.69) is 15.3 Å². The van der Waals surface area contributed by atoms with E-state index in [0.29, 0.717) is 30.0 Å². The molecular formula is C22H19FN4O2. The molecule has 6 nitrogen and oxygen atoms in total. The highest BCUT2D eigenvalue weighted by atomic mass is 19.1. The molecule has 1 aliphatic rings. The maximum atomic E-state index is 13.7. The molecule has 0 aliphatic heterocycles. The van der Waals surface area contributed by atoms with Gasteiger partial charge in [0, 0.05) is 23.1 Å². The first-order valence-corrected chi connectivity index (χ1v) is 9.60. The van der Waals surface area contributed by atoms with Crippen LogP contribution in [0, 0.1) is 0 Å². The Hall–Kier alpha value is -3.48. The van der Waals surface area contributed by atoms with Crippen LogP contribution in [0.1, 0.15) is 19.3 Å². The van der Waals surface area contributed by atoms with Crippen molar-refractivity contribution in [2.75, 3.05) is 0 Å². The summed E-state index contributed by atoms with van der Waals surface area (Å²) in [6, 6.07) is 16.5. The molecule has 0 radical (unpaired) electrons. The van der Waals surface area contributed by atoms with Crippen LogP contribution < -0.4 is 4.74 Å². The van der Waals surface area contributed by atoms with E-state index in [9.17, 15) is 9.50 Å². The van der Waals surface area contributed by atoms with E-state index in [1.54, 1.807) is 35.1 Å². The second-order valence-electron chi connectivity index (χ2n) is 7.18. The Bertz CT molecular complexity index is 1160. The van der Waals surface area contributed by atoms with Crippen LogP contribution in [0.25, 0.3) is 27.8 Å². The Labute approximate surface area is 166 Å². The van der Waals surface area contributed by atoms with Gasteiger partial charge in [-0.2, -0.15) is 5.10 Å². The van der Waals surface area contributed by atoms with Crippen LogP contribution in [0.15, 0.2) is 60.8 Å². The van der Waals surface area contributed by atoms with Gasteiger partial charge in [0.25, 0.3) is 0 Å².